The molecule has 46 heavy (non-hydrogen) atoms. The molecule has 6 heteroatoms. The normalized spacial score (nSPS) is 50.6. The number of rotatable bonds is 11. The van der Waals surface area contributed by atoms with Gasteiger partial charge in [0.05, 0.1) is 17.3 Å². The molecule has 1 saturated heterocycles. The zero-order valence-electron chi connectivity index (χ0n) is 29.0. The van der Waals surface area contributed by atoms with Gasteiger partial charge < -0.3 is 9.47 Å². The van der Waals surface area contributed by atoms with E-state index in [2.05, 4.69) is 13.8 Å². The molecule has 0 radical (unpaired) electrons. The fraction of sp³-hybridized carbons (Fsp3) is 0.900. The molecule has 0 aromatic heterocycles. The van der Waals surface area contributed by atoms with E-state index in [1.54, 1.807) is 6.92 Å². The van der Waals surface area contributed by atoms with Gasteiger partial charge in [-0.3, -0.25) is 19.2 Å². The highest BCUT2D eigenvalue weighted by molar-refractivity contribution is 5.96. The van der Waals surface area contributed by atoms with Crippen molar-refractivity contribution in [2.75, 3.05) is 0 Å². The predicted octanol–water partition coefficient (Wildman–Crippen LogP) is 7.81. The Morgan fingerprint density at radius 1 is 0.848 bits per heavy atom. The molecule has 8 rings (SSSR count). The first-order valence-electron chi connectivity index (χ1n) is 19.5. The average molecular weight is 635 g/mol. The van der Waals surface area contributed by atoms with Gasteiger partial charge in [-0.25, -0.2) is 0 Å². The fourth-order valence-electron chi connectivity index (χ4n) is 14.7. The van der Waals surface area contributed by atoms with Crippen LogP contribution in [0.4, 0.5) is 0 Å². The minimum Gasteiger partial charge on any atom is -0.459 e. The number of hydrogen-bond acceptors (Lipinski definition) is 6. The Bertz CT molecular complexity index is 1290. The lowest BCUT2D eigenvalue weighted by molar-refractivity contribution is -0.179. The third-order valence-corrected chi connectivity index (χ3v) is 16.8. The number of ketones is 1. The van der Waals surface area contributed by atoms with Gasteiger partial charge in [0.1, 0.15) is 11.4 Å². The first-order chi connectivity index (χ1) is 22.0. The molecule has 7 saturated carbocycles. The predicted molar refractivity (Wildman–Crippen MR) is 173 cm³/mol. The van der Waals surface area contributed by atoms with Gasteiger partial charge in [-0.2, -0.15) is 0 Å². The Morgan fingerprint density at radius 2 is 1.57 bits per heavy atom. The molecule has 17 atom stereocenters. The molecule has 17 unspecified atom stereocenters. The molecule has 1 heterocycles. The fourth-order valence-corrected chi connectivity index (χ4v) is 14.7. The van der Waals surface area contributed by atoms with Gasteiger partial charge in [0.15, 0.2) is 0 Å². The van der Waals surface area contributed by atoms with Crippen LogP contribution in [0.25, 0.3) is 0 Å². The van der Waals surface area contributed by atoms with Gasteiger partial charge in [-0.1, -0.05) is 26.7 Å². The molecule has 1 aliphatic heterocycles. The Labute approximate surface area is 276 Å². The summed E-state index contributed by atoms with van der Waals surface area (Å²) in [5, 5.41) is 0. The minimum atomic E-state index is -0.682. The summed E-state index contributed by atoms with van der Waals surface area (Å²) in [6.07, 6.45) is 14.3. The summed E-state index contributed by atoms with van der Waals surface area (Å²) in [6, 6.07) is 0. The molecule has 254 valence electrons. The topological polar surface area (TPSA) is 86.7 Å². The lowest BCUT2D eigenvalue weighted by Crippen LogP contribution is -2.45. The first kappa shape index (κ1) is 31.5. The van der Waals surface area contributed by atoms with E-state index in [1.165, 1.54) is 44.9 Å². The summed E-state index contributed by atoms with van der Waals surface area (Å²) >= 11 is 0. The highest BCUT2D eigenvalue weighted by Gasteiger charge is 2.67. The quantitative estimate of drug-likeness (QED) is 0.131. The number of ether oxygens (including phenoxy) is 2. The Hall–Kier alpha value is -1.72. The van der Waals surface area contributed by atoms with Crippen molar-refractivity contribution in [2.24, 2.45) is 94.2 Å². The van der Waals surface area contributed by atoms with Crippen LogP contribution in [-0.2, 0) is 28.7 Å². The molecular formula is C40H58O6. The van der Waals surface area contributed by atoms with E-state index in [0.717, 1.165) is 48.9 Å². The molecule has 0 amide bonds. The zero-order valence-corrected chi connectivity index (χ0v) is 29.0. The molecule has 8 fully saturated rings. The Morgan fingerprint density at radius 3 is 2.28 bits per heavy atom. The molecule has 7 aliphatic carbocycles. The maximum Gasteiger partial charge on any atom is 0.317 e. The summed E-state index contributed by atoms with van der Waals surface area (Å²) < 4.78 is 11.8. The van der Waals surface area contributed by atoms with Gasteiger partial charge in [-0.15, -0.1) is 0 Å². The molecule has 6 bridgehead atoms. The Balaban J connectivity index is 0.915. The number of hydrogen-bond donors (Lipinski definition) is 0. The number of carbonyl (C=O) groups excluding carboxylic acids is 4. The van der Waals surface area contributed by atoms with E-state index in [9.17, 15) is 19.2 Å². The van der Waals surface area contributed by atoms with E-state index >= 15 is 0 Å². The SMILES string of the molecule is CCC1C(CCC2C(=O)OC(=O)C2CCC(C)(CC)C(=O)OC2(C)CC3CC2C2CCCC32)C2CC1C1C3CC(C(C)=O)C(C3)C21. The van der Waals surface area contributed by atoms with Crippen LogP contribution in [-0.4, -0.2) is 29.3 Å². The van der Waals surface area contributed by atoms with Crippen LogP contribution in [0.1, 0.15) is 125 Å². The van der Waals surface area contributed by atoms with Gasteiger partial charge in [0.25, 0.3) is 0 Å². The van der Waals surface area contributed by atoms with Crippen molar-refractivity contribution in [1.82, 2.24) is 0 Å². The van der Waals surface area contributed by atoms with E-state index in [4.69, 9.17) is 9.47 Å². The zero-order chi connectivity index (χ0) is 32.3. The number of Topliss-reactive ketones (excluding diaryl/α,β-unsaturated/α-hetero) is 1. The van der Waals surface area contributed by atoms with Crippen molar-refractivity contribution >= 4 is 23.7 Å². The standard InChI is InChI=1S/C40H58O6/c1-6-23-25(32-18-31(23)34-21-15-29(20(3)41)30(16-21)35(32)34)11-12-27-28(37(43)45-36(27)42)13-14-39(4,7-2)38(44)46-40(5)19-22-17-33(40)26-10-8-9-24(22)26/h21-35H,6-19H2,1-5H3. The van der Waals surface area contributed by atoms with Gasteiger partial charge in [0, 0.05) is 11.8 Å². The van der Waals surface area contributed by atoms with Crippen molar-refractivity contribution in [3.05, 3.63) is 0 Å². The lowest BCUT2D eigenvalue weighted by Gasteiger charge is -2.45. The molecule has 0 aromatic carbocycles. The number of fused-ring (bicyclic) bond motifs is 14. The van der Waals surface area contributed by atoms with E-state index in [-0.39, 0.29) is 23.5 Å². The monoisotopic (exact) mass is 634 g/mol. The third-order valence-electron chi connectivity index (χ3n) is 16.8. The van der Waals surface area contributed by atoms with E-state index in [0.29, 0.717) is 72.9 Å². The summed E-state index contributed by atoms with van der Waals surface area (Å²) in [5.74, 6) is 7.16. The van der Waals surface area contributed by atoms with Crippen molar-refractivity contribution < 1.29 is 28.7 Å². The smallest absolute Gasteiger partial charge is 0.317 e. The summed E-state index contributed by atoms with van der Waals surface area (Å²) in [6.45, 7) is 10.4. The van der Waals surface area contributed by atoms with Crippen LogP contribution in [0, 0.1) is 94.2 Å². The second-order valence-electron chi connectivity index (χ2n) is 18.3. The van der Waals surface area contributed by atoms with Gasteiger partial charge in [0.2, 0.25) is 0 Å². The van der Waals surface area contributed by atoms with Crippen LogP contribution < -0.4 is 0 Å². The number of cyclic esters (lactones) is 2. The van der Waals surface area contributed by atoms with Crippen molar-refractivity contribution in [1.29, 1.82) is 0 Å². The van der Waals surface area contributed by atoms with E-state index in [1.807, 2.05) is 13.8 Å². The van der Waals surface area contributed by atoms with Gasteiger partial charge in [-0.05, 0) is 163 Å². The summed E-state index contributed by atoms with van der Waals surface area (Å²) in [7, 11) is 0. The van der Waals surface area contributed by atoms with Crippen molar-refractivity contribution in [2.45, 2.75) is 130 Å². The van der Waals surface area contributed by atoms with Crippen LogP contribution >= 0.6 is 0 Å². The molecule has 0 spiro atoms. The second kappa shape index (κ2) is 11.2. The molecular weight excluding hydrogens is 576 g/mol. The van der Waals surface area contributed by atoms with Crippen LogP contribution in [0.2, 0.25) is 0 Å². The second-order valence-corrected chi connectivity index (χ2v) is 18.3. The van der Waals surface area contributed by atoms with Crippen LogP contribution in [0.3, 0.4) is 0 Å². The first-order valence-corrected chi connectivity index (χ1v) is 19.5. The summed E-state index contributed by atoms with van der Waals surface area (Å²) in [4.78, 5) is 52.6. The molecule has 0 N–H and O–H groups in total. The molecule has 8 aliphatic rings. The maximum atomic E-state index is 13.9. The Kier molecular flexibility index (Phi) is 7.65. The highest BCUT2D eigenvalue weighted by atomic mass is 16.6. The highest BCUT2D eigenvalue weighted by Crippen LogP contribution is 2.72. The maximum absolute atomic E-state index is 13.9. The average Bonchev–Trinajstić information content (AvgIpc) is 3.86. The number of carbonyl (C=O) groups is 4. The third kappa shape index (κ3) is 4.52. The lowest BCUT2D eigenvalue weighted by atomic mass is 9.59. The van der Waals surface area contributed by atoms with Crippen LogP contribution in [0.15, 0.2) is 0 Å². The minimum absolute atomic E-state index is 0.120. The van der Waals surface area contributed by atoms with E-state index < -0.39 is 23.2 Å². The van der Waals surface area contributed by atoms with Crippen molar-refractivity contribution in [3.8, 4) is 0 Å². The summed E-state index contributed by atoms with van der Waals surface area (Å²) in [5.41, 5.74) is -1.05. The van der Waals surface area contributed by atoms with Crippen LogP contribution in [0.5, 0.6) is 0 Å². The van der Waals surface area contributed by atoms with Gasteiger partial charge >= 0.3 is 17.9 Å². The molecule has 0 aromatic rings. The van der Waals surface area contributed by atoms with Crippen molar-refractivity contribution in [3.63, 3.8) is 0 Å². The number of esters is 3. The molecule has 6 nitrogen and oxygen atoms in total. The largest absolute Gasteiger partial charge is 0.459 e.